The van der Waals surface area contributed by atoms with Crippen molar-refractivity contribution in [3.8, 4) is 0 Å². The van der Waals surface area contributed by atoms with Gasteiger partial charge in [-0.2, -0.15) is 0 Å². The van der Waals surface area contributed by atoms with Crippen molar-refractivity contribution in [2.75, 3.05) is 0 Å². The molecule has 3 aromatic carbocycles. The molecule has 0 aromatic heterocycles. The van der Waals surface area contributed by atoms with Gasteiger partial charge in [0.2, 0.25) is 0 Å². The molecule has 0 atom stereocenters. The van der Waals surface area contributed by atoms with E-state index in [1.54, 1.807) is 36.6 Å². The Kier molecular flexibility index (Phi) is 4.74. The molecule has 0 amide bonds. The van der Waals surface area contributed by atoms with Gasteiger partial charge in [-0.15, -0.1) is 0 Å². The number of hydrogen-bond donors (Lipinski definition) is 0. The van der Waals surface area contributed by atoms with Crippen LogP contribution >= 0.6 is 0 Å². The normalized spacial score (nSPS) is 18.7. The Morgan fingerprint density at radius 3 is 1.32 bits per heavy atom. The Labute approximate surface area is 178 Å². The topological polar surface area (TPSA) is 0 Å². The molecule has 0 unspecified atom stereocenters. The van der Waals surface area contributed by atoms with Crippen LogP contribution in [0.5, 0.6) is 0 Å². The molecule has 0 N–H and O–H groups in total. The molecule has 2 aliphatic rings. The summed E-state index contributed by atoms with van der Waals surface area (Å²) in [5.41, 5.74) is 6.62. The zero-order valence-electron chi connectivity index (χ0n) is 17.6. The van der Waals surface area contributed by atoms with Crippen molar-refractivity contribution in [1.29, 1.82) is 0 Å². The Morgan fingerprint density at radius 1 is 0.464 bits per heavy atom. The van der Waals surface area contributed by atoms with Gasteiger partial charge >= 0.3 is 179 Å². The summed E-state index contributed by atoms with van der Waals surface area (Å²) in [5, 5.41) is 0. The number of benzene rings is 3. The van der Waals surface area contributed by atoms with Crippen molar-refractivity contribution in [3.63, 3.8) is 0 Å². The van der Waals surface area contributed by atoms with Crippen LogP contribution in [0, 0.1) is 0 Å². The van der Waals surface area contributed by atoms with Crippen LogP contribution in [0.2, 0.25) is 19.8 Å². The molecular weight excluding hydrogens is 550 g/mol. The van der Waals surface area contributed by atoms with Gasteiger partial charge < -0.3 is 0 Å². The second-order valence-electron chi connectivity index (χ2n) is 9.73. The zero-order chi connectivity index (χ0) is 19.5. The van der Waals surface area contributed by atoms with E-state index >= 15 is 0 Å². The van der Waals surface area contributed by atoms with Crippen molar-refractivity contribution < 1.29 is 0 Å². The molecule has 0 saturated heterocycles. The van der Waals surface area contributed by atoms with Gasteiger partial charge in [-0.3, -0.25) is 0 Å². The molecule has 0 saturated carbocycles. The molecule has 0 bridgehead atoms. The van der Waals surface area contributed by atoms with Gasteiger partial charge in [-0.25, -0.2) is 0 Å². The second-order valence-corrected chi connectivity index (χ2v) is 34.4. The van der Waals surface area contributed by atoms with Crippen LogP contribution in [0.1, 0.15) is 22.3 Å². The Morgan fingerprint density at radius 2 is 0.857 bits per heavy atom. The average molecular weight is 580 g/mol. The number of aryl methyl sites for hydroxylation is 4. The molecule has 5 rings (SSSR count). The summed E-state index contributed by atoms with van der Waals surface area (Å²) >= 11 is -5.15. The fourth-order valence-electron chi connectivity index (χ4n) is 5.80. The van der Waals surface area contributed by atoms with E-state index in [0.29, 0.717) is 0 Å². The molecule has 2 heterocycles. The predicted octanol–water partition coefficient (Wildman–Crippen LogP) is 3.53. The van der Waals surface area contributed by atoms with Crippen LogP contribution in [0.25, 0.3) is 0 Å². The molecule has 2 aliphatic heterocycles. The van der Waals surface area contributed by atoms with Crippen LogP contribution in [-0.4, -0.2) is 36.8 Å². The Balaban J connectivity index is 1.75. The third-order valence-corrected chi connectivity index (χ3v) is 28.2. The summed E-state index contributed by atoms with van der Waals surface area (Å²) in [7, 11) is 0. The molecule has 142 valence electrons. The van der Waals surface area contributed by atoms with E-state index in [-0.39, 0.29) is 0 Å². The van der Waals surface area contributed by atoms with E-state index < -0.39 is 36.8 Å². The van der Waals surface area contributed by atoms with Gasteiger partial charge in [0.1, 0.15) is 0 Å². The van der Waals surface area contributed by atoms with E-state index in [4.69, 9.17) is 0 Å². The summed E-state index contributed by atoms with van der Waals surface area (Å²) in [5.74, 6) is 0. The number of fused-ring (bicyclic) bond motifs is 4. The van der Waals surface area contributed by atoms with E-state index in [9.17, 15) is 0 Å². The predicted molar refractivity (Wildman–Crippen MR) is 128 cm³/mol. The van der Waals surface area contributed by atoms with Gasteiger partial charge in [0, 0.05) is 0 Å². The first kappa shape index (κ1) is 19.2. The fraction of sp³-hybridized carbons (Fsp3) is 0.308. The Hall–Kier alpha value is -0.743. The standard InChI is InChI=1S/C22H18.4CH3.2Sn/c1-3-8-19(9-4-1)14-16-21-12-7-13-22(18-21)17-15-20-10-5-2-6-11-20;;;;;;/h1-8,10,18H,14-17H2;4*1H3;;. The number of hydrogen-bond acceptors (Lipinski definition) is 0. The first-order valence-electron chi connectivity index (χ1n) is 10.7. The van der Waals surface area contributed by atoms with Crippen LogP contribution < -0.4 is 14.3 Å². The van der Waals surface area contributed by atoms with E-state index in [2.05, 4.69) is 80.4 Å². The van der Waals surface area contributed by atoms with Crippen LogP contribution in [0.3, 0.4) is 0 Å². The van der Waals surface area contributed by atoms with Gasteiger partial charge in [-0.05, 0) is 0 Å². The molecule has 0 spiro atoms. The maximum atomic E-state index is 2.76. The molecule has 28 heavy (non-hydrogen) atoms. The van der Waals surface area contributed by atoms with E-state index in [1.165, 1.54) is 25.7 Å². The van der Waals surface area contributed by atoms with Crippen molar-refractivity contribution in [3.05, 3.63) is 82.9 Å². The van der Waals surface area contributed by atoms with Crippen molar-refractivity contribution in [2.24, 2.45) is 0 Å². The van der Waals surface area contributed by atoms with Crippen molar-refractivity contribution in [1.82, 2.24) is 0 Å². The van der Waals surface area contributed by atoms with E-state index in [1.807, 2.05) is 0 Å². The van der Waals surface area contributed by atoms with Gasteiger partial charge in [0.25, 0.3) is 0 Å². The van der Waals surface area contributed by atoms with Crippen molar-refractivity contribution in [2.45, 2.75) is 45.4 Å². The first-order chi connectivity index (χ1) is 13.4. The van der Waals surface area contributed by atoms with Gasteiger partial charge in [0.05, 0.1) is 0 Å². The van der Waals surface area contributed by atoms with Crippen molar-refractivity contribution >= 4 is 51.1 Å². The SMILES string of the molecule is [CH3][Sn]1([CH3])[c]2ccccc2CCc2cc3[c](c[c]21)[Sn]([CH3])([CH3])[c]1ccccc1CC3. The van der Waals surface area contributed by atoms with Crippen LogP contribution in [-0.2, 0) is 25.7 Å². The average Bonchev–Trinajstić information content (AvgIpc) is 2.87. The van der Waals surface area contributed by atoms with Gasteiger partial charge in [-0.1, -0.05) is 0 Å². The summed E-state index contributed by atoms with van der Waals surface area (Å²) in [4.78, 5) is 10.6. The summed E-state index contributed by atoms with van der Waals surface area (Å²) in [6.45, 7) is 0. The molecule has 0 aliphatic carbocycles. The molecule has 0 fully saturated rings. The quantitative estimate of drug-likeness (QED) is 0.358. The molecular formula is C26H30Sn2. The molecule has 0 radical (unpaired) electrons. The maximum absolute atomic E-state index is 2.76. The second kappa shape index (κ2) is 6.90. The van der Waals surface area contributed by atoms with Gasteiger partial charge in [0.15, 0.2) is 0 Å². The minimum atomic E-state index is -2.58. The molecule has 3 aromatic rings. The zero-order valence-corrected chi connectivity index (χ0v) is 23.3. The summed E-state index contributed by atoms with van der Waals surface area (Å²) in [6.07, 6.45) is 4.89. The Bertz CT molecular complexity index is 993. The third-order valence-electron chi connectivity index (χ3n) is 7.38. The molecule has 0 nitrogen and oxygen atoms in total. The van der Waals surface area contributed by atoms with E-state index in [0.717, 1.165) is 0 Å². The monoisotopic (exact) mass is 582 g/mol. The third kappa shape index (κ3) is 2.93. The fourth-order valence-corrected chi connectivity index (χ4v) is 25.9. The minimum absolute atomic E-state index is 1.22. The summed E-state index contributed by atoms with van der Waals surface area (Å²) < 4.78 is 7.05. The van der Waals surface area contributed by atoms with Crippen LogP contribution in [0.15, 0.2) is 60.7 Å². The van der Waals surface area contributed by atoms with Crippen LogP contribution in [0.4, 0.5) is 0 Å². The number of rotatable bonds is 0. The molecule has 2 heteroatoms. The first-order valence-corrected chi connectivity index (χ1v) is 27.8. The summed E-state index contributed by atoms with van der Waals surface area (Å²) in [6, 6.07) is 24.1.